The Bertz CT molecular complexity index is 1710. The molecule has 0 aliphatic rings. The van der Waals surface area contributed by atoms with Crippen molar-refractivity contribution in [2.24, 2.45) is 5.73 Å². The summed E-state index contributed by atoms with van der Waals surface area (Å²) in [7, 11) is -9.93. The van der Waals surface area contributed by atoms with E-state index in [9.17, 15) is 38.6 Å². The first kappa shape index (κ1) is 65.8. The number of allylic oxidation sites excluding steroid dienone is 15. The number of thioether (sulfide) groups is 1. The Morgan fingerprint density at radius 1 is 0.623 bits per heavy atom. The van der Waals surface area contributed by atoms with Crippen molar-refractivity contribution in [3.63, 3.8) is 0 Å². The Morgan fingerprint density at radius 2 is 1.14 bits per heavy atom. The molecule has 0 aromatic heterocycles. The summed E-state index contributed by atoms with van der Waals surface area (Å²) in [6, 6.07) is -1.31. The lowest BCUT2D eigenvalue weighted by Crippen LogP contribution is -2.40. The van der Waals surface area contributed by atoms with Gasteiger partial charge in [0.15, 0.2) is 6.10 Å². The van der Waals surface area contributed by atoms with Gasteiger partial charge in [-0.15, -0.1) is 11.8 Å². The second-order valence-corrected chi connectivity index (χ2v) is 19.8. The summed E-state index contributed by atoms with van der Waals surface area (Å²) in [5, 5.41) is 29.2. The maximum atomic E-state index is 13.2. The van der Waals surface area contributed by atoms with Crippen LogP contribution in [0.25, 0.3) is 0 Å². The Balaban J connectivity index is 5.46. The third-order valence-electron chi connectivity index (χ3n) is 9.44. The Hall–Kier alpha value is -3.22. The van der Waals surface area contributed by atoms with Crippen LogP contribution in [0, 0.1) is 0 Å². The number of nitrogens with two attached hydrogens (primary N) is 1. The molecule has 69 heavy (non-hydrogen) atoms. The van der Waals surface area contributed by atoms with Crippen LogP contribution in [0.4, 0.5) is 0 Å². The number of aliphatic hydroxyl groups is 2. The summed E-state index contributed by atoms with van der Waals surface area (Å²) in [6.07, 6.45) is 41.8. The fraction of sp³-hybridized carbons (Fsp3) is 0.612. The van der Waals surface area contributed by atoms with Crippen LogP contribution in [-0.4, -0.2) is 110 Å². The monoisotopic (exact) mass is 1030 g/mol. The summed E-state index contributed by atoms with van der Waals surface area (Å²) in [5.41, 5.74) is 6.18. The van der Waals surface area contributed by atoms with Gasteiger partial charge in [-0.3, -0.25) is 28.0 Å². The molecule has 1 unspecified atom stereocenters. The zero-order valence-electron chi connectivity index (χ0n) is 40.5. The molecule has 0 spiro atoms. The summed E-state index contributed by atoms with van der Waals surface area (Å²) < 4.78 is 48.0. The number of esters is 2. The smallest absolute Gasteiger partial charge is 0.472 e. The van der Waals surface area contributed by atoms with Crippen molar-refractivity contribution in [1.29, 1.82) is 0 Å². The lowest BCUT2D eigenvalue weighted by Gasteiger charge is -2.23. The van der Waals surface area contributed by atoms with Gasteiger partial charge < -0.3 is 45.2 Å². The normalized spacial score (nSPS) is 15.9. The van der Waals surface area contributed by atoms with Crippen molar-refractivity contribution in [3.05, 3.63) is 97.2 Å². The van der Waals surface area contributed by atoms with Crippen molar-refractivity contribution in [2.45, 2.75) is 159 Å². The van der Waals surface area contributed by atoms with Gasteiger partial charge in [-0.2, -0.15) is 0 Å². The molecule has 17 nitrogen and oxygen atoms in total. The molecule has 8 N–H and O–H groups in total. The predicted molar refractivity (Wildman–Crippen MR) is 272 cm³/mol. The van der Waals surface area contributed by atoms with E-state index in [1.54, 1.807) is 18.2 Å². The highest BCUT2D eigenvalue weighted by molar-refractivity contribution is 8.00. The molecular formula is C49H81NO16P2S. The molecule has 0 amide bonds. The second kappa shape index (κ2) is 43.6. The average molecular weight is 1030 g/mol. The highest BCUT2D eigenvalue weighted by atomic mass is 32.2. The number of unbranched alkanes of at least 4 members (excludes halogenated alkanes) is 7. The number of phosphoric ester groups is 2. The number of carbonyl (C=O) groups excluding carboxylic acids is 2. The molecule has 0 aliphatic heterocycles. The summed E-state index contributed by atoms with van der Waals surface area (Å²) in [6.45, 7) is 1.05. The number of carboxylic acid groups (broad SMARTS) is 1. The Morgan fingerprint density at radius 3 is 1.71 bits per heavy atom. The van der Waals surface area contributed by atoms with E-state index < -0.39 is 89.6 Å². The molecule has 394 valence electrons. The fourth-order valence-electron chi connectivity index (χ4n) is 5.65. The third kappa shape index (κ3) is 44.5. The first-order chi connectivity index (χ1) is 33.0. The van der Waals surface area contributed by atoms with Gasteiger partial charge in [0, 0.05) is 23.8 Å². The number of rotatable bonds is 44. The van der Waals surface area contributed by atoms with Gasteiger partial charge in [0.25, 0.3) is 0 Å². The third-order valence-corrected chi connectivity index (χ3v) is 12.3. The highest BCUT2D eigenvalue weighted by Crippen LogP contribution is 2.44. The number of carboxylic acids is 1. The van der Waals surface area contributed by atoms with Crippen LogP contribution in [0.15, 0.2) is 97.2 Å². The zero-order valence-corrected chi connectivity index (χ0v) is 43.1. The van der Waals surface area contributed by atoms with E-state index in [-0.39, 0.29) is 31.4 Å². The van der Waals surface area contributed by atoms with Gasteiger partial charge in [0.1, 0.15) is 18.8 Å². The van der Waals surface area contributed by atoms with Crippen molar-refractivity contribution >= 4 is 45.3 Å². The van der Waals surface area contributed by atoms with Gasteiger partial charge >= 0.3 is 33.6 Å². The highest BCUT2D eigenvalue weighted by Gasteiger charge is 2.30. The predicted octanol–water partition coefficient (Wildman–Crippen LogP) is 9.43. The SMILES string of the molecule is CCCCC/C=C\C\C=C/C=C/C=C/[C@@H](SC[C@H](N)C(=O)O[C@H](COC(=O)CCC/C=C\C/C=C\C/C=C\C/C=C\CCCCC)COP(=O)(O)OC[C@@H](O)COP(=O)(O)O)[C@@H](O)CCCC(=O)O. The topological polar surface area (TPSA) is 279 Å². The van der Waals surface area contributed by atoms with Crippen LogP contribution in [0.1, 0.15) is 129 Å². The van der Waals surface area contributed by atoms with Crippen molar-refractivity contribution < 1.29 is 76.6 Å². The van der Waals surface area contributed by atoms with Gasteiger partial charge in [-0.1, -0.05) is 137 Å². The van der Waals surface area contributed by atoms with Gasteiger partial charge in [0.05, 0.1) is 25.9 Å². The Labute approximate surface area is 414 Å². The summed E-state index contributed by atoms with van der Waals surface area (Å²) >= 11 is 1.12. The molecular weight excluding hydrogens is 953 g/mol. The van der Waals surface area contributed by atoms with Crippen LogP contribution in [0.2, 0.25) is 0 Å². The second-order valence-electron chi connectivity index (χ2n) is 15.9. The molecule has 0 bridgehead atoms. The summed E-state index contributed by atoms with van der Waals surface area (Å²) in [4.78, 5) is 64.7. The molecule has 6 atom stereocenters. The Kier molecular flexibility index (Phi) is 41.5. The average Bonchev–Trinajstić information content (AvgIpc) is 3.30. The standard InChI is InChI=1S/C49H81NO16P2S/c1-3-5-7-9-11-13-15-17-18-19-20-21-23-25-27-29-31-36-48(55)62-39-43(40-65-68(60,61)64-38-42(51)37-63-67(57,58)59)66-49(56)44(50)41-69-46(45(52)33-32-35-47(53)54)34-30-28-26-24-22-16-14-12-10-8-6-4-2/h11-14,17-18,20-22,24-28,30,34,42-46,51-52H,3-10,15-16,19,23,29,31-33,35-41,50H2,1-2H3,(H,53,54)(H,60,61)(H2,57,58,59)/b13-11-,14-12-,18-17-,21-20-,24-22-,27-25-,28-26+,34-30+/t42-,43+,44-,45-,46+/m0/s1. The van der Waals surface area contributed by atoms with Crippen LogP contribution >= 0.6 is 27.4 Å². The van der Waals surface area contributed by atoms with E-state index >= 15 is 0 Å². The molecule has 0 fully saturated rings. The molecule has 0 saturated carbocycles. The molecule has 0 aromatic carbocycles. The fourth-order valence-corrected chi connectivity index (χ4v) is 7.93. The first-order valence-corrected chi connectivity index (χ1v) is 27.9. The minimum absolute atomic E-state index is 0.0115. The van der Waals surface area contributed by atoms with Crippen molar-refractivity contribution in [2.75, 3.05) is 32.2 Å². The number of phosphoric acid groups is 2. The summed E-state index contributed by atoms with van der Waals surface area (Å²) in [5.74, 6) is -2.73. The van der Waals surface area contributed by atoms with Crippen LogP contribution in [0.3, 0.4) is 0 Å². The quantitative estimate of drug-likeness (QED) is 0.00983. The van der Waals surface area contributed by atoms with Crippen LogP contribution in [0.5, 0.6) is 0 Å². The lowest BCUT2D eigenvalue weighted by atomic mass is 10.1. The van der Waals surface area contributed by atoms with Gasteiger partial charge in [0.2, 0.25) is 0 Å². The van der Waals surface area contributed by atoms with Gasteiger partial charge in [-0.25, -0.2) is 9.13 Å². The maximum absolute atomic E-state index is 13.2. The van der Waals surface area contributed by atoms with Crippen molar-refractivity contribution in [1.82, 2.24) is 0 Å². The molecule has 0 aliphatic carbocycles. The molecule has 0 saturated heterocycles. The molecule has 0 rings (SSSR count). The number of carbonyl (C=O) groups is 3. The molecule has 20 heteroatoms. The maximum Gasteiger partial charge on any atom is 0.472 e. The zero-order chi connectivity index (χ0) is 51.4. The largest absolute Gasteiger partial charge is 0.481 e. The van der Waals surface area contributed by atoms with E-state index in [2.05, 4.69) is 71.5 Å². The molecule has 0 heterocycles. The number of ether oxygens (including phenoxy) is 2. The number of hydrogen-bond acceptors (Lipinski definition) is 14. The van der Waals surface area contributed by atoms with E-state index in [1.165, 1.54) is 38.5 Å². The molecule has 0 aromatic rings. The van der Waals surface area contributed by atoms with E-state index in [1.807, 2.05) is 30.4 Å². The minimum Gasteiger partial charge on any atom is -0.481 e. The van der Waals surface area contributed by atoms with Crippen molar-refractivity contribution in [3.8, 4) is 0 Å². The first-order valence-electron chi connectivity index (χ1n) is 23.9. The lowest BCUT2D eigenvalue weighted by molar-refractivity contribution is -0.161. The van der Waals surface area contributed by atoms with Crippen LogP contribution < -0.4 is 5.73 Å². The minimum atomic E-state index is -4.99. The van der Waals surface area contributed by atoms with Crippen LogP contribution in [-0.2, 0) is 46.6 Å². The van der Waals surface area contributed by atoms with E-state index in [0.717, 1.165) is 50.3 Å². The van der Waals surface area contributed by atoms with E-state index in [0.29, 0.717) is 12.8 Å². The van der Waals surface area contributed by atoms with Gasteiger partial charge in [-0.05, 0) is 77.0 Å². The van der Waals surface area contributed by atoms with E-state index in [4.69, 9.17) is 34.6 Å². The molecule has 0 radical (unpaired) electrons. The number of hydrogen-bond donors (Lipinski definition) is 7. The number of aliphatic carboxylic acids is 1. The number of aliphatic hydroxyl groups excluding tert-OH is 2.